The molecule has 0 fully saturated rings. The van der Waals surface area contributed by atoms with Crippen LogP contribution >= 0.6 is 0 Å². The van der Waals surface area contributed by atoms with E-state index < -0.39 is 5.41 Å². The van der Waals surface area contributed by atoms with Gasteiger partial charge >= 0.3 is 0 Å². The lowest BCUT2D eigenvalue weighted by Gasteiger charge is -2.59. The third kappa shape index (κ3) is 5.20. The summed E-state index contributed by atoms with van der Waals surface area (Å²) in [5, 5.41) is 0. The fourth-order valence-electron chi connectivity index (χ4n) is 7.61. The summed E-state index contributed by atoms with van der Waals surface area (Å²) in [7, 11) is 0. The molecule has 1 nitrogen and oxygen atoms in total. The summed E-state index contributed by atoms with van der Waals surface area (Å²) < 4.78 is 0. The van der Waals surface area contributed by atoms with Crippen molar-refractivity contribution in [2.24, 2.45) is 10.8 Å². The molecule has 0 saturated heterocycles. The quantitative estimate of drug-likeness (QED) is 0.230. The van der Waals surface area contributed by atoms with Gasteiger partial charge in [0.25, 0.3) is 0 Å². The zero-order valence-electron chi connectivity index (χ0n) is 24.3. The molecule has 0 N–H and O–H groups in total. The number of hydrogen-bond acceptors (Lipinski definition) is 1. The van der Waals surface area contributed by atoms with Gasteiger partial charge in [-0.3, -0.25) is 4.79 Å². The second-order valence-corrected chi connectivity index (χ2v) is 11.5. The molecular weight excluding hydrogens is 448 g/mol. The third-order valence-corrected chi connectivity index (χ3v) is 9.53. The van der Waals surface area contributed by atoms with Crippen molar-refractivity contribution in [1.82, 2.24) is 0 Å². The van der Waals surface area contributed by atoms with Gasteiger partial charge in [-0.05, 0) is 65.2 Å². The predicted octanol–water partition coefficient (Wildman–Crippen LogP) is 9.73. The highest BCUT2D eigenvalue weighted by Crippen LogP contribution is 2.62. The molecule has 3 rings (SSSR count). The number of hydrogen-bond donors (Lipinski definition) is 0. The maximum Gasteiger partial charge on any atom is 0.151 e. The molecule has 0 bridgehead atoms. The van der Waals surface area contributed by atoms with Crippen LogP contribution in [0.15, 0.2) is 84.9 Å². The Balaban J connectivity index is 2.45. The van der Waals surface area contributed by atoms with E-state index in [2.05, 4.69) is 127 Å². The van der Waals surface area contributed by atoms with Gasteiger partial charge in [0.05, 0.1) is 5.41 Å². The third-order valence-electron chi connectivity index (χ3n) is 9.53. The normalized spacial score (nSPS) is 14.7. The molecule has 0 aliphatic heterocycles. The molecular formula is C36H48O. The lowest BCUT2D eigenvalue weighted by atomic mass is 9.43. The summed E-state index contributed by atoms with van der Waals surface area (Å²) in [4.78, 5) is 15.4. The first-order valence-corrected chi connectivity index (χ1v) is 14.5. The van der Waals surface area contributed by atoms with Crippen LogP contribution in [0.25, 0.3) is 0 Å². The number of benzene rings is 3. The Hall–Kier alpha value is -2.67. The summed E-state index contributed by atoms with van der Waals surface area (Å²) in [6.07, 6.45) is 5.79. The molecule has 0 aliphatic carbocycles. The van der Waals surface area contributed by atoms with E-state index in [0.717, 1.165) is 44.1 Å². The topological polar surface area (TPSA) is 17.1 Å². The monoisotopic (exact) mass is 496 g/mol. The molecule has 0 radical (unpaired) electrons. The summed E-state index contributed by atoms with van der Waals surface area (Å²) in [5.41, 5.74) is 4.00. The highest BCUT2D eigenvalue weighted by Gasteiger charge is 2.61. The minimum Gasteiger partial charge on any atom is -0.298 e. The molecule has 0 saturated carbocycles. The van der Waals surface area contributed by atoms with Gasteiger partial charge in [0.15, 0.2) is 5.78 Å². The summed E-state index contributed by atoms with van der Waals surface area (Å²) >= 11 is 0. The van der Waals surface area contributed by atoms with E-state index in [-0.39, 0.29) is 16.7 Å². The Morgan fingerprint density at radius 1 is 0.730 bits per heavy atom. The molecule has 2 atom stereocenters. The molecule has 37 heavy (non-hydrogen) atoms. The first kappa shape index (κ1) is 28.9. The van der Waals surface area contributed by atoms with Crippen LogP contribution in [-0.2, 0) is 23.1 Å². The van der Waals surface area contributed by atoms with E-state index in [1.165, 1.54) is 16.7 Å². The lowest BCUT2D eigenvalue weighted by Crippen LogP contribution is -2.60. The standard InChI is InChI=1S/C36H48O/c1-8-26-34(6,7)35(10-3,11-4)36(32-24-16-13-17-25-32,27-31-23-19-18-20-29(31)9-2)33(37)28(5)30-21-14-12-15-22-30/h12-25,28H,8-11,26-27H2,1-7H3. The smallest absolute Gasteiger partial charge is 0.151 e. The van der Waals surface area contributed by atoms with Crippen LogP contribution in [0.4, 0.5) is 0 Å². The number of carbonyl (C=O) groups excluding carboxylic acids is 1. The zero-order valence-corrected chi connectivity index (χ0v) is 24.3. The molecule has 0 heterocycles. The van der Waals surface area contributed by atoms with Crippen LogP contribution in [0.1, 0.15) is 102 Å². The Labute approximate surface area is 226 Å². The van der Waals surface area contributed by atoms with Gasteiger partial charge in [-0.1, -0.05) is 140 Å². The van der Waals surface area contributed by atoms with Gasteiger partial charge in [-0.2, -0.15) is 0 Å². The van der Waals surface area contributed by atoms with E-state index in [1.807, 2.05) is 6.07 Å². The summed E-state index contributed by atoms with van der Waals surface area (Å²) in [6, 6.07) is 30.0. The van der Waals surface area contributed by atoms with E-state index in [4.69, 9.17) is 0 Å². The molecule has 2 unspecified atom stereocenters. The number of Topliss-reactive ketones (excluding diaryl/α,β-unsaturated/α-hetero) is 1. The van der Waals surface area contributed by atoms with Crippen molar-refractivity contribution in [1.29, 1.82) is 0 Å². The Kier molecular flexibility index (Phi) is 9.57. The van der Waals surface area contributed by atoms with Gasteiger partial charge in [0, 0.05) is 5.92 Å². The number of ketones is 1. The number of rotatable bonds is 13. The van der Waals surface area contributed by atoms with Crippen LogP contribution in [-0.4, -0.2) is 5.78 Å². The maximum absolute atomic E-state index is 15.4. The molecule has 3 aromatic rings. The van der Waals surface area contributed by atoms with Crippen molar-refractivity contribution in [3.63, 3.8) is 0 Å². The predicted molar refractivity (Wildman–Crippen MR) is 159 cm³/mol. The van der Waals surface area contributed by atoms with Crippen LogP contribution in [0.3, 0.4) is 0 Å². The average molecular weight is 497 g/mol. The van der Waals surface area contributed by atoms with Gasteiger partial charge in [-0.25, -0.2) is 0 Å². The second kappa shape index (κ2) is 12.2. The first-order valence-electron chi connectivity index (χ1n) is 14.5. The Bertz CT molecular complexity index is 1120. The minimum absolute atomic E-state index is 0.0334. The van der Waals surface area contributed by atoms with Gasteiger partial charge in [0.1, 0.15) is 0 Å². The van der Waals surface area contributed by atoms with E-state index in [1.54, 1.807) is 0 Å². The minimum atomic E-state index is -0.670. The van der Waals surface area contributed by atoms with Crippen molar-refractivity contribution in [2.45, 2.75) is 98.3 Å². The molecule has 198 valence electrons. The van der Waals surface area contributed by atoms with Crippen molar-refractivity contribution in [3.8, 4) is 0 Å². The number of carbonyl (C=O) groups is 1. The number of aryl methyl sites for hydroxylation is 1. The Morgan fingerprint density at radius 3 is 1.76 bits per heavy atom. The van der Waals surface area contributed by atoms with E-state index in [9.17, 15) is 0 Å². The van der Waals surface area contributed by atoms with Crippen molar-refractivity contribution >= 4 is 5.78 Å². The van der Waals surface area contributed by atoms with Crippen molar-refractivity contribution in [2.75, 3.05) is 0 Å². The first-order chi connectivity index (χ1) is 17.7. The summed E-state index contributed by atoms with van der Waals surface area (Å²) in [6.45, 7) is 16.1. The van der Waals surface area contributed by atoms with Gasteiger partial charge < -0.3 is 0 Å². The highest BCUT2D eigenvalue weighted by molar-refractivity contribution is 5.96. The van der Waals surface area contributed by atoms with Gasteiger partial charge in [0.2, 0.25) is 0 Å². The molecule has 3 aromatic carbocycles. The molecule has 0 spiro atoms. The highest BCUT2D eigenvalue weighted by atomic mass is 16.1. The second-order valence-electron chi connectivity index (χ2n) is 11.5. The molecule has 0 aliphatic rings. The fourth-order valence-corrected chi connectivity index (χ4v) is 7.61. The SMILES string of the molecule is CCCC(C)(C)C(CC)(CC)C(Cc1ccccc1CC)(C(=O)C(C)c1ccccc1)c1ccccc1. The lowest BCUT2D eigenvalue weighted by molar-refractivity contribution is -0.139. The van der Waals surface area contributed by atoms with Crippen LogP contribution in [0.5, 0.6) is 0 Å². The Morgan fingerprint density at radius 2 is 1.24 bits per heavy atom. The van der Waals surface area contributed by atoms with E-state index in [0.29, 0.717) is 5.78 Å². The van der Waals surface area contributed by atoms with Crippen molar-refractivity contribution in [3.05, 3.63) is 107 Å². The maximum atomic E-state index is 15.4. The van der Waals surface area contributed by atoms with Crippen LogP contribution in [0, 0.1) is 10.8 Å². The van der Waals surface area contributed by atoms with E-state index >= 15 is 4.79 Å². The zero-order chi connectivity index (χ0) is 27.1. The average Bonchev–Trinajstić information content (AvgIpc) is 2.93. The van der Waals surface area contributed by atoms with Crippen molar-refractivity contribution < 1.29 is 4.79 Å². The molecule has 0 amide bonds. The van der Waals surface area contributed by atoms with Gasteiger partial charge in [-0.15, -0.1) is 0 Å². The fraction of sp³-hybridized carbons (Fsp3) is 0.472. The van der Waals surface area contributed by atoms with Crippen LogP contribution < -0.4 is 0 Å². The molecule has 1 heteroatoms. The van der Waals surface area contributed by atoms with Crippen LogP contribution in [0.2, 0.25) is 0 Å². The summed E-state index contributed by atoms with van der Waals surface area (Å²) in [5.74, 6) is 0.147. The molecule has 0 aromatic heterocycles. The largest absolute Gasteiger partial charge is 0.298 e.